The van der Waals surface area contributed by atoms with E-state index in [9.17, 15) is 19.8 Å². The molecule has 6 heteroatoms. The molecule has 0 bridgehead atoms. The lowest BCUT2D eigenvalue weighted by Crippen LogP contribution is -2.55. The Morgan fingerprint density at radius 3 is 1.74 bits per heavy atom. The van der Waals surface area contributed by atoms with Gasteiger partial charge >= 0.3 is 0 Å². The monoisotopic (exact) mass is 274 g/mol. The van der Waals surface area contributed by atoms with Crippen molar-refractivity contribution in [1.29, 1.82) is 0 Å². The summed E-state index contributed by atoms with van der Waals surface area (Å²) in [5, 5.41) is 21.8. The normalized spacial score (nSPS) is 15.9. The van der Waals surface area contributed by atoms with Crippen LogP contribution in [-0.2, 0) is 19.4 Å². The van der Waals surface area contributed by atoms with Crippen LogP contribution in [0.15, 0.2) is 0 Å². The molecular weight excluding hydrogens is 252 g/mol. The fourth-order valence-corrected chi connectivity index (χ4v) is 1.23. The van der Waals surface area contributed by atoms with Crippen molar-refractivity contribution in [2.45, 2.75) is 65.6 Å². The third-order valence-corrected chi connectivity index (χ3v) is 3.11. The van der Waals surface area contributed by atoms with E-state index in [1.807, 2.05) is 0 Å². The molecule has 1 atom stereocenters. The van der Waals surface area contributed by atoms with Crippen molar-refractivity contribution >= 4 is 11.9 Å². The first-order chi connectivity index (χ1) is 8.32. The number of carbonyl (C=O) groups excluding carboxylic acids is 2. The number of rotatable bonds is 7. The molecule has 0 radical (unpaired) electrons. The summed E-state index contributed by atoms with van der Waals surface area (Å²) in [5.41, 5.74) is -3.42. The zero-order valence-electron chi connectivity index (χ0n) is 12.4. The van der Waals surface area contributed by atoms with E-state index in [2.05, 4.69) is 0 Å². The number of carboxylic acid groups (broad SMARTS) is 2. The molecular formula is C13H22O6-2. The predicted octanol–water partition coefficient (Wildman–Crippen LogP) is -0.202. The summed E-state index contributed by atoms with van der Waals surface area (Å²) < 4.78 is 0. The maximum atomic E-state index is 11.2. The number of hydrogen-bond acceptors (Lipinski definition) is 6. The molecule has 0 aliphatic carbocycles. The molecule has 0 saturated carbocycles. The quantitative estimate of drug-likeness (QED) is 0.471. The number of aliphatic carboxylic acids is 2. The molecule has 1 unspecified atom stereocenters. The molecule has 0 saturated heterocycles. The summed E-state index contributed by atoms with van der Waals surface area (Å²) in [6, 6.07) is 0. The standard InChI is InChI=1S/C13H24O6/c1-11(2,3)18-19-13(6,8-7-9(14)15)12(4,5)10(16)17/h7-8H2,1-6H3,(H,14,15)(H,16,17)/p-2. The fraction of sp³-hybridized carbons (Fsp3) is 0.846. The topological polar surface area (TPSA) is 98.7 Å². The van der Waals surface area contributed by atoms with Crippen molar-refractivity contribution in [1.82, 2.24) is 0 Å². The van der Waals surface area contributed by atoms with Gasteiger partial charge in [-0.3, -0.25) is 0 Å². The molecule has 0 fully saturated rings. The first kappa shape index (κ1) is 17.9. The van der Waals surface area contributed by atoms with Crippen LogP contribution in [0.5, 0.6) is 0 Å². The molecule has 0 aromatic rings. The molecule has 0 spiro atoms. The maximum Gasteiger partial charge on any atom is 0.111 e. The van der Waals surface area contributed by atoms with Crippen LogP contribution in [0, 0.1) is 5.41 Å². The first-order valence-electron chi connectivity index (χ1n) is 6.10. The highest BCUT2D eigenvalue weighted by atomic mass is 17.2. The van der Waals surface area contributed by atoms with Gasteiger partial charge in [0.2, 0.25) is 0 Å². The molecule has 0 amide bonds. The van der Waals surface area contributed by atoms with Crippen molar-refractivity contribution in [3.63, 3.8) is 0 Å². The van der Waals surface area contributed by atoms with Crippen molar-refractivity contribution in [2.24, 2.45) is 5.41 Å². The van der Waals surface area contributed by atoms with Crippen molar-refractivity contribution < 1.29 is 29.6 Å². The molecule has 0 aliphatic heterocycles. The van der Waals surface area contributed by atoms with E-state index < -0.39 is 28.6 Å². The van der Waals surface area contributed by atoms with Crippen molar-refractivity contribution in [3.8, 4) is 0 Å². The molecule has 0 aromatic heterocycles. The lowest BCUT2D eigenvalue weighted by molar-refractivity contribution is -0.425. The second kappa shape index (κ2) is 5.88. The zero-order valence-corrected chi connectivity index (χ0v) is 12.4. The van der Waals surface area contributed by atoms with E-state index >= 15 is 0 Å². The summed E-state index contributed by atoms with van der Waals surface area (Å²) in [4.78, 5) is 32.2. The van der Waals surface area contributed by atoms with Gasteiger partial charge in [-0.05, 0) is 40.5 Å². The van der Waals surface area contributed by atoms with E-state index in [-0.39, 0.29) is 12.8 Å². The fourth-order valence-electron chi connectivity index (χ4n) is 1.23. The Labute approximate surface area is 113 Å². The van der Waals surface area contributed by atoms with Gasteiger partial charge in [0.05, 0.1) is 11.6 Å². The van der Waals surface area contributed by atoms with Gasteiger partial charge in [0.25, 0.3) is 0 Å². The Balaban J connectivity index is 5.12. The summed E-state index contributed by atoms with van der Waals surface area (Å²) in [6.45, 7) is 9.50. The number of carbonyl (C=O) groups is 2. The summed E-state index contributed by atoms with van der Waals surface area (Å²) in [5.74, 6) is -2.62. The molecule has 0 rings (SSSR count). The van der Waals surface area contributed by atoms with Gasteiger partial charge in [-0.25, -0.2) is 9.78 Å². The van der Waals surface area contributed by atoms with Gasteiger partial charge in [0, 0.05) is 11.4 Å². The van der Waals surface area contributed by atoms with Crippen LogP contribution in [0.3, 0.4) is 0 Å². The van der Waals surface area contributed by atoms with Gasteiger partial charge < -0.3 is 19.8 Å². The van der Waals surface area contributed by atoms with Crippen LogP contribution in [0.2, 0.25) is 0 Å². The minimum atomic E-state index is -1.42. The van der Waals surface area contributed by atoms with Crippen LogP contribution in [0.1, 0.15) is 54.4 Å². The third kappa shape index (κ3) is 5.16. The zero-order chi connectivity index (χ0) is 15.5. The van der Waals surface area contributed by atoms with Crippen LogP contribution in [-0.4, -0.2) is 23.1 Å². The van der Waals surface area contributed by atoms with Gasteiger partial charge in [-0.15, -0.1) is 0 Å². The molecule has 0 aliphatic rings. The van der Waals surface area contributed by atoms with E-state index in [4.69, 9.17) is 9.78 Å². The second-order valence-corrected chi connectivity index (χ2v) is 6.29. The van der Waals surface area contributed by atoms with Crippen LogP contribution in [0.25, 0.3) is 0 Å². The van der Waals surface area contributed by atoms with Crippen LogP contribution < -0.4 is 10.2 Å². The van der Waals surface area contributed by atoms with Crippen molar-refractivity contribution in [3.05, 3.63) is 0 Å². The minimum absolute atomic E-state index is 0.0631. The Bertz CT molecular complexity index is 342. The average molecular weight is 274 g/mol. The third-order valence-electron chi connectivity index (χ3n) is 3.11. The van der Waals surface area contributed by atoms with E-state index in [0.717, 1.165) is 0 Å². The molecule has 0 heterocycles. The Kier molecular flexibility index (Phi) is 5.53. The van der Waals surface area contributed by atoms with E-state index in [1.165, 1.54) is 20.8 Å². The van der Waals surface area contributed by atoms with Gasteiger partial charge in [0.15, 0.2) is 0 Å². The van der Waals surface area contributed by atoms with Crippen LogP contribution >= 0.6 is 0 Å². The van der Waals surface area contributed by atoms with Gasteiger partial charge in [0.1, 0.15) is 5.60 Å². The van der Waals surface area contributed by atoms with Gasteiger partial charge in [-0.1, -0.05) is 13.8 Å². The summed E-state index contributed by atoms with van der Waals surface area (Å²) in [7, 11) is 0. The summed E-state index contributed by atoms with van der Waals surface area (Å²) in [6.07, 6.45) is -0.396. The highest BCUT2D eigenvalue weighted by Gasteiger charge is 2.45. The largest absolute Gasteiger partial charge is 0.550 e. The minimum Gasteiger partial charge on any atom is -0.550 e. The Morgan fingerprint density at radius 1 is 0.947 bits per heavy atom. The average Bonchev–Trinajstić information content (AvgIpc) is 2.22. The highest BCUT2D eigenvalue weighted by Crippen LogP contribution is 2.38. The van der Waals surface area contributed by atoms with Crippen LogP contribution in [0.4, 0.5) is 0 Å². The molecule has 19 heavy (non-hydrogen) atoms. The first-order valence-corrected chi connectivity index (χ1v) is 6.10. The predicted molar refractivity (Wildman–Crippen MR) is 63.4 cm³/mol. The summed E-state index contributed by atoms with van der Waals surface area (Å²) >= 11 is 0. The van der Waals surface area contributed by atoms with Crippen molar-refractivity contribution in [2.75, 3.05) is 0 Å². The van der Waals surface area contributed by atoms with E-state index in [1.54, 1.807) is 20.8 Å². The maximum absolute atomic E-state index is 11.2. The molecule has 6 nitrogen and oxygen atoms in total. The second-order valence-electron chi connectivity index (χ2n) is 6.29. The van der Waals surface area contributed by atoms with E-state index in [0.29, 0.717) is 0 Å². The SMILES string of the molecule is CC(C)(C)OOC(C)(CCC(=O)[O-])C(C)(C)C(=O)[O-]. The Hall–Kier alpha value is -1.14. The molecule has 0 N–H and O–H groups in total. The smallest absolute Gasteiger partial charge is 0.111 e. The molecule has 0 aromatic carbocycles. The lowest BCUT2D eigenvalue weighted by atomic mass is 9.73. The lowest BCUT2D eigenvalue weighted by Gasteiger charge is -2.44. The molecule has 112 valence electrons. The number of carboxylic acids is 2. The highest BCUT2D eigenvalue weighted by molar-refractivity contribution is 5.73. The van der Waals surface area contributed by atoms with Gasteiger partial charge in [-0.2, -0.15) is 0 Å². The Morgan fingerprint density at radius 2 is 1.42 bits per heavy atom. The number of hydrogen-bond donors (Lipinski definition) is 0.